The molecule has 0 aliphatic heterocycles. The summed E-state index contributed by atoms with van der Waals surface area (Å²) < 4.78 is 6.89. The van der Waals surface area contributed by atoms with E-state index in [0.717, 1.165) is 26.7 Å². The van der Waals surface area contributed by atoms with Gasteiger partial charge in [-0.2, -0.15) is 0 Å². The van der Waals surface area contributed by atoms with Crippen molar-refractivity contribution in [3.8, 4) is 5.75 Å². The molecule has 1 N–H and O–H groups in total. The third kappa shape index (κ3) is 7.09. The summed E-state index contributed by atoms with van der Waals surface area (Å²) >= 11 is 3.55. The van der Waals surface area contributed by atoms with Crippen molar-refractivity contribution in [3.63, 3.8) is 0 Å². The van der Waals surface area contributed by atoms with Gasteiger partial charge < -0.3 is 15.0 Å². The number of hydrogen-bond acceptors (Lipinski definition) is 3. The summed E-state index contributed by atoms with van der Waals surface area (Å²) in [6.07, 6.45) is 0.510. The van der Waals surface area contributed by atoms with Crippen LogP contribution in [-0.2, 0) is 16.1 Å². The number of nitrogens with one attached hydrogen (secondary N) is 1. The maximum atomic E-state index is 13.4. The van der Waals surface area contributed by atoms with Crippen molar-refractivity contribution in [2.45, 2.75) is 73.0 Å². The number of benzene rings is 2. The number of amides is 2. The Kier molecular flexibility index (Phi) is 8.90. The summed E-state index contributed by atoms with van der Waals surface area (Å²) in [4.78, 5) is 28.1. The first kappa shape index (κ1) is 25.9. The van der Waals surface area contributed by atoms with Crippen molar-refractivity contribution in [3.05, 3.63) is 63.1 Å². The lowest BCUT2D eigenvalue weighted by Crippen LogP contribution is -2.54. The van der Waals surface area contributed by atoms with E-state index >= 15 is 0 Å². The molecular formula is C26H35BrN2O3. The lowest BCUT2D eigenvalue weighted by atomic mass is 10.0. The van der Waals surface area contributed by atoms with Gasteiger partial charge in [-0.25, -0.2) is 0 Å². The number of nitrogens with zero attached hydrogens (tertiary/aromatic N) is 1. The Morgan fingerprint density at radius 3 is 2.19 bits per heavy atom. The quantitative estimate of drug-likeness (QED) is 0.520. The molecule has 5 nitrogen and oxygen atoms in total. The van der Waals surface area contributed by atoms with Gasteiger partial charge in [0.1, 0.15) is 11.8 Å². The van der Waals surface area contributed by atoms with Crippen LogP contribution < -0.4 is 10.1 Å². The molecule has 0 spiro atoms. The van der Waals surface area contributed by atoms with Gasteiger partial charge in [0.15, 0.2) is 6.61 Å². The molecule has 0 unspecified atom stereocenters. The number of rotatable bonds is 8. The van der Waals surface area contributed by atoms with Gasteiger partial charge in [-0.3, -0.25) is 9.59 Å². The predicted octanol–water partition coefficient (Wildman–Crippen LogP) is 5.48. The molecule has 32 heavy (non-hydrogen) atoms. The summed E-state index contributed by atoms with van der Waals surface area (Å²) in [6.45, 7) is 13.9. The highest BCUT2D eigenvalue weighted by atomic mass is 79.9. The molecule has 2 rings (SSSR count). The lowest BCUT2D eigenvalue weighted by molar-refractivity contribution is -0.143. The van der Waals surface area contributed by atoms with E-state index in [9.17, 15) is 9.59 Å². The fourth-order valence-electron chi connectivity index (χ4n) is 3.56. The van der Waals surface area contributed by atoms with Crippen LogP contribution in [0.15, 0.2) is 40.9 Å². The normalized spacial score (nSPS) is 12.2. The van der Waals surface area contributed by atoms with E-state index in [1.165, 1.54) is 0 Å². The standard InChI is InChI=1S/C26H35BrN2O3/c1-8-22(25(31)28-26(5,6)7)29(15-20-12-10-9-11-17(20)2)23(30)16-32-21-13-18(3)24(27)19(4)14-21/h9-14,22H,8,15-16H2,1-7H3,(H,28,31)/t22-/m1/s1. The number of carbonyl (C=O) groups excluding carboxylic acids is 2. The maximum Gasteiger partial charge on any atom is 0.261 e. The fourth-order valence-corrected chi connectivity index (χ4v) is 3.79. The molecule has 1 atom stereocenters. The van der Waals surface area contributed by atoms with Gasteiger partial charge in [0.25, 0.3) is 5.91 Å². The minimum atomic E-state index is -0.585. The van der Waals surface area contributed by atoms with Crippen molar-refractivity contribution in [2.24, 2.45) is 0 Å². The Labute approximate surface area is 200 Å². The molecule has 0 aliphatic carbocycles. The molecule has 0 saturated carbocycles. The zero-order chi connectivity index (χ0) is 24.1. The van der Waals surface area contributed by atoms with Crippen molar-refractivity contribution < 1.29 is 14.3 Å². The Hall–Kier alpha value is -2.34. The maximum absolute atomic E-state index is 13.4. The summed E-state index contributed by atoms with van der Waals surface area (Å²) in [5, 5.41) is 3.02. The van der Waals surface area contributed by atoms with Crippen LogP contribution in [-0.4, -0.2) is 34.9 Å². The molecule has 2 aromatic carbocycles. The zero-order valence-corrected chi connectivity index (χ0v) is 21.8. The first-order valence-electron chi connectivity index (χ1n) is 11.0. The van der Waals surface area contributed by atoms with Crippen LogP contribution in [0.1, 0.15) is 56.4 Å². The fraction of sp³-hybridized carbons (Fsp3) is 0.462. The third-order valence-electron chi connectivity index (χ3n) is 5.26. The second-order valence-electron chi connectivity index (χ2n) is 9.27. The van der Waals surface area contributed by atoms with E-state index in [0.29, 0.717) is 18.7 Å². The van der Waals surface area contributed by atoms with Crippen molar-refractivity contribution in [2.75, 3.05) is 6.61 Å². The highest BCUT2D eigenvalue weighted by Gasteiger charge is 2.31. The Balaban J connectivity index is 2.28. The van der Waals surface area contributed by atoms with Crippen LogP contribution in [0.3, 0.4) is 0 Å². The highest BCUT2D eigenvalue weighted by molar-refractivity contribution is 9.10. The summed E-state index contributed by atoms with van der Waals surface area (Å²) in [6, 6.07) is 11.1. The minimum absolute atomic E-state index is 0.133. The number of halogens is 1. The predicted molar refractivity (Wildman–Crippen MR) is 133 cm³/mol. The highest BCUT2D eigenvalue weighted by Crippen LogP contribution is 2.26. The van der Waals surface area contributed by atoms with Gasteiger partial charge in [0, 0.05) is 16.6 Å². The summed E-state index contributed by atoms with van der Waals surface area (Å²) in [5.41, 5.74) is 3.79. The van der Waals surface area contributed by atoms with Crippen LogP contribution in [0.25, 0.3) is 0 Å². The van der Waals surface area contributed by atoms with Crippen LogP contribution in [0, 0.1) is 20.8 Å². The molecular weight excluding hydrogens is 468 g/mol. The van der Waals surface area contributed by atoms with Gasteiger partial charge >= 0.3 is 0 Å². The first-order valence-corrected chi connectivity index (χ1v) is 11.8. The number of carbonyl (C=O) groups is 2. The SMILES string of the molecule is CC[C@H](C(=O)NC(C)(C)C)N(Cc1ccccc1C)C(=O)COc1cc(C)c(Br)c(C)c1. The molecule has 0 bridgehead atoms. The second kappa shape index (κ2) is 11.0. The van der Waals surface area contributed by atoms with Gasteiger partial charge in [-0.1, -0.05) is 47.1 Å². The van der Waals surface area contributed by atoms with Gasteiger partial charge in [-0.15, -0.1) is 0 Å². The van der Waals surface area contributed by atoms with E-state index in [4.69, 9.17) is 4.74 Å². The summed E-state index contributed by atoms with van der Waals surface area (Å²) in [5.74, 6) is 0.263. The molecule has 2 aromatic rings. The van der Waals surface area contributed by atoms with E-state index < -0.39 is 6.04 Å². The molecule has 0 heterocycles. The van der Waals surface area contributed by atoms with E-state index in [1.807, 2.05) is 84.9 Å². The van der Waals surface area contributed by atoms with E-state index in [1.54, 1.807) is 4.90 Å². The van der Waals surface area contributed by atoms with Gasteiger partial charge in [-0.05, 0) is 82.3 Å². The lowest BCUT2D eigenvalue weighted by Gasteiger charge is -2.33. The largest absolute Gasteiger partial charge is 0.484 e. The van der Waals surface area contributed by atoms with Crippen LogP contribution in [0.5, 0.6) is 5.75 Å². The minimum Gasteiger partial charge on any atom is -0.484 e. The number of aryl methyl sites for hydroxylation is 3. The van der Waals surface area contributed by atoms with Crippen LogP contribution in [0.4, 0.5) is 0 Å². The number of ether oxygens (including phenoxy) is 1. The molecule has 0 fully saturated rings. The van der Waals surface area contributed by atoms with Crippen molar-refractivity contribution >= 4 is 27.7 Å². The topological polar surface area (TPSA) is 58.6 Å². The molecule has 0 saturated heterocycles. The monoisotopic (exact) mass is 502 g/mol. The number of hydrogen-bond donors (Lipinski definition) is 1. The van der Waals surface area contributed by atoms with Gasteiger partial charge in [0.2, 0.25) is 5.91 Å². The Morgan fingerprint density at radius 2 is 1.66 bits per heavy atom. The van der Waals surface area contributed by atoms with E-state index in [-0.39, 0.29) is 24.0 Å². The molecule has 0 aliphatic rings. The molecule has 2 amide bonds. The van der Waals surface area contributed by atoms with E-state index in [2.05, 4.69) is 21.2 Å². The van der Waals surface area contributed by atoms with Gasteiger partial charge in [0.05, 0.1) is 0 Å². The van der Waals surface area contributed by atoms with Crippen LogP contribution in [0.2, 0.25) is 0 Å². The van der Waals surface area contributed by atoms with Crippen LogP contribution >= 0.6 is 15.9 Å². The Morgan fingerprint density at radius 1 is 1.06 bits per heavy atom. The smallest absolute Gasteiger partial charge is 0.261 e. The molecule has 0 aromatic heterocycles. The van der Waals surface area contributed by atoms with Crippen molar-refractivity contribution in [1.82, 2.24) is 10.2 Å². The molecule has 0 radical (unpaired) electrons. The van der Waals surface area contributed by atoms with Crippen molar-refractivity contribution in [1.29, 1.82) is 0 Å². The molecule has 6 heteroatoms. The molecule has 174 valence electrons. The third-order valence-corrected chi connectivity index (χ3v) is 6.51. The average Bonchev–Trinajstić information content (AvgIpc) is 2.70. The summed E-state index contributed by atoms with van der Waals surface area (Å²) in [7, 11) is 0. The second-order valence-corrected chi connectivity index (χ2v) is 10.1. The first-order chi connectivity index (χ1) is 14.9. The Bertz CT molecular complexity index is 943. The zero-order valence-electron chi connectivity index (χ0n) is 20.2. The average molecular weight is 503 g/mol.